The van der Waals surface area contributed by atoms with Crippen molar-refractivity contribution in [2.75, 3.05) is 18.9 Å². The number of hydrogen-bond acceptors (Lipinski definition) is 4. The van der Waals surface area contributed by atoms with Gasteiger partial charge in [-0.3, -0.25) is 0 Å². The summed E-state index contributed by atoms with van der Waals surface area (Å²) in [6.07, 6.45) is 1.36. The van der Waals surface area contributed by atoms with Crippen LogP contribution in [0, 0.1) is 0 Å². The van der Waals surface area contributed by atoms with Gasteiger partial charge < -0.3 is 10.4 Å². The molecule has 2 N–H and O–H groups in total. The van der Waals surface area contributed by atoms with E-state index in [4.69, 9.17) is 0 Å². The van der Waals surface area contributed by atoms with E-state index >= 15 is 0 Å². The largest absolute Gasteiger partial charge is 0.394 e. The van der Waals surface area contributed by atoms with Crippen molar-refractivity contribution in [3.05, 3.63) is 29.8 Å². The van der Waals surface area contributed by atoms with Crippen molar-refractivity contribution in [3.8, 4) is 0 Å². The fraction of sp³-hybridized carbons (Fsp3) is 0.538. The van der Waals surface area contributed by atoms with E-state index < -0.39 is 15.4 Å². The van der Waals surface area contributed by atoms with Crippen molar-refractivity contribution < 1.29 is 13.5 Å². The van der Waals surface area contributed by atoms with E-state index in [9.17, 15) is 13.5 Å². The summed E-state index contributed by atoms with van der Waals surface area (Å²) in [5.41, 5.74) is 0.0879. The molecule has 1 heterocycles. The highest BCUT2D eigenvalue weighted by molar-refractivity contribution is 7.91. The number of hydrogen-bond donors (Lipinski definition) is 2. The summed E-state index contributed by atoms with van der Waals surface area (Å²) in [4.78, 5) is 0.355. The van der Waals surface area contributed by atoms with Crippen molar-refractivity contribution in [1.29, 1.82) is 0 Å². The van der Waals surface area contributed by atoms with Gasteiger partial charge in [-0.25, -0.2) is 8.42 Å². The molecule has 1 aromatic rings. The van der Waals surface area contributed by atoms with Crippen LogP contribution in [0.3, 0.4) is 0 Å². The van der Waals surface area contributed by atoms with Crippen LogP contribution < -0.4 is 5.32 Å². The van der Waals surface area contributed by atoms with Gasteiger partial charge in [0, 0.05) is 0 Å². The molecule has 2 rings (SSSR count). The zero-order chi connectivity index (χ0) is 13.2. The van der Waals surface area contributed by atoms with Crippen LogP contribution in [0.5, 0.6) is 0 Å². The molecule has 0 amide bonds. The van der Waals surface area contributed by atoms with E-state index in [-0.39, 0.29) is 12.4 Å². The van der Waals surface area contributed by atoms with Gasteiger partial charge in [-0.15, -0.1) is 0 Å². The number of fused-ring (bicyclic) bond motifs is 1. The molecule has 1 aromatic carbocycles. The van der Waals surface area contributed by atoms with Gasteiger partial charge in [0.2, 0.25) is 0 Å². The Kier molecular flexibility index (Phi) is 3.75. The van der Waals surface area contributed by atoms with Gasteiger partial charge in [0.25, 0.3) is 0 Å². The number of sulfone groups is 1. The van der Waals surface area contributed by atoms with Crippen LogP contribution in [0.25, 0.3) is 0 Å². The van der Waals surface area contributed by atoms with E-state index in [2.05, 4.69) is 5.32 Å². The predicted molar refractivity (Wildman–Crippen MR) is 70.2 cm³/mol. The molecule has 1 aliphatic rings. The number of benzene rings is 1. The minimum atomic E-state index is -3.20. The van der Waals surface area contributed by atoms with E-state index in [0.717, 1.165) is 13.0 Å². The number of nitrogens with one attached hydrogen (secondary N) is 1. The predicted octanol–water partition coefficient (Wildman–Crippen LogP) is 1.05. The van der Waals surface area contributed by atoms with Crippen molar-refractivity contribution >= 4 is 9.84 Å². The Hall–Kier alpha value is -0.910. The maximum Gasteiger partial charge on any atom is 0.178 e. The van der Waals surface area contributed by atoms with E-state index in [1.807, 2.05) is 13.0 Å². The topological polar surface area (TPSA) is 66.4 Å². The zero-order valence-corrected chi connectivity index (χ0v) is 11.3. The van der Waals surface area contributed by atoms with Crippen molar-refractivity contribution in [2.24, 2.45) is 0 Å². The summed E-state index contributed by atoms with van der Waals surface area (Å²) in [7, 11) is -3.20. The highest BCUT2D eigenvalue weighted by atomic mass is 32.2. The van der Waals surface area contributed by atoms with Gasteiger partial charge in [-0.05, 0) is 31.0 Å². The third-order valence-electron chi connectivity index (χ3n) is 3.52. The van der Waals surface area contributed by atoms with Crippen LogP contribution in [0.15, 0.2) is 29.2 Å². The quantitative estimate of drug-likeness (QED) is 0.857. The van der Waals surface area contributed by atoms with E-state index in [1.165, 1.54) is 0 Å². The average Bonchev–Trinajstić information content (AvgIpc) is 2.39. The summed E-state index contributed by atoms with van der Waals surface area (Å²) < 4.78 is 24.1. The van der Waals surface area contributed by atoms with Crippen molar-refractivity contribution in [2.45, 2.75) is 30.2 Å². The number of aliphatic hydroxyl groups is 1. The summed E-state index contributed by atoms with van der Waals surface area (Å²) in [6, 6.07) is 6.97. The first-order valence-corrected chi connectivity index (χ1v) is 7.89. The van der Waals surface area contributed by atoms with Gasteiger partial charge >= 0.3 is 0 Å². The molecule has 0 fully saturated rings. The second-order valence-electron chi connectivity index (χ2n) is 4.73. The Balaban J connectivity index is 2.52. The SMILES string of the molecule is CCCNC1(CO)CCS(=O)(=O)c2ccccc21. The first kappa shape index (κ1) is 13.5. The Morgan fingerprint density at radius 1 is 1.39 bits per heavy atom. The molecule has 0 saturated heterocycles. The van der Waals surface area contributed by atoms with Crippen molar-refractivity contribution in [3.63, 3.8) is 0 Å². The summed E-state index contributed by atoms with van der Waals surface area (Å²) in [6.45, 7) is 2.72. The monoisotopic (exact) mass is 269 g/mol. The fourth-order valence-corrected chi connectivity index (χ4v) is 4.18. The fourth-order valence-electron chi connectivity index (χ4n) is 2.45. The minimum Gasteiger partial charge on any atom is -0.394 e. The summed E-state index contributed by atoms with van der Waals surface area (Å²) in [5.74, 6) is 0.0846. The van der Waals surface area contributed by atoms with Crippen LogP contribution in [-0.2, 0) is 15.4 Å². The smallest absolute Gasteiger partial charge is 0.178 e. The lowest BCUT2D eigenvalue weighted by molar-refractivity contribution is 0.151. The number of aliphatic hydroxyl groups excluding tert-OH is 1. The molecule has 0 saturated carbocycles. The van der Waals surface area contributed by atoms with Gasteiger partial charge in [0.05, 0.1) is 22.8 Å². The molecule has 0 bridgehead atoms. The normalized spacial score (nSPS) is 25.7. The van der Waals surface area contributed by atoms with Crippen LogP contribution in [-0.4, -0.2) is 32.4 Å². The third-order valence-corrected chi connectivity index (χ3v) is 5.29. The molecule has 5 heteroatoms. The zero-order valence-electron chi connectivity index (χ0n) is 10.5. The van der Waals surface area contributed by atoms with E-state index in [0.29, 0.717) is 16.9 Å². The molecule has 0 radical (unpaired) electrons. The van der Waals surface area contributed by atoms with Crippen molar-refractivity contribution in [1.82, 2.24) is 5.32 Å². The Morgan fingerprint density at radius 2 is 2.11 bits per heavy atom. The molecule has 0 spiro atoms. The molecule has 0 aromatic heterocycles. The first-order valence-electron chi connectivity index (χ1n) is 6.24. The molecule has 100 valence electrons. The first-order chi connectivity index (χ1) is 8.56. The molecule has 0 aliphatic carbocycles. The van der Waals surface area contributed by atoms with E-state index in [1.54, 1.807) is 18.2 Å². The molecule has 18 heavy (non-hydrogen) atoms. The van der Waals surface area contributed by atoms with Gasteiger partial charge in [-0.2, -0.15) is 0 Å². The minimum absolute atomic E-state index is 0.0838. The van der Waals surface area contributed by atoms with Gasteiger partial charge in [-0.1, -0.05) is 25.1 Å². The second-order valence-corrected chi connectivity index (χ2v) is 6.81. The molecular weight excluding hydrogens is 250 g/mol. The lowest BCUT2D eigenvalue weighted by atomic mass is 9.87. The van der Waals surface area contributed by atoms with Crippen LogP contribution >= 0.6 is 0 Å². The average molecular weight is 269 g/mol. The molecule has 1 atom stereocenters. The van der Waals surface area contributed by atoms with Gasteiger partial charge in [0.15, 0.2) is 9.84 Å². The Morgan fingerprint density at radius 3 is 2.78 bits per heavy atom. The maximum absolute atomic E-state index is 12.0. The highest BCUT2D eigenvalue weighted by Gasteiger charge is 2.40. The maximum atomic E-state index is 12.0. The molecule has 1 aliphatic heterocycles. The lowest BCUT2D eigenvalue weighted by Crippen LogP contribution is -2.50. The van der Waals surface area contributed by atoms with Crippen LogP contribution in [0.2, 0.25) is 0 Å². The summed E-state index contributed by atoms with van der Waals surface area (Å²) in [5, 5.41) is 13.0. The lowest BCUT2D eigenvalue weighted by Gasteiger charge is -2.38. The standard InChI is InChI=1S/C13H19NO3S/c1-2-8-14-13(10-15)7-9-18(16,17)12-6-4-3-5-11(12)13/h3-6,14-15H,2,7-10H2,1H3. The van der Waals surface area contributed by atoms with Gasteiger partial charge in [0.1, 0.15) is 0 Å². The number of rotatable bonds is 4. The highest BCUT2D eigenvalue weighted by Crippen LogP contribution is 2.36. The molecular formula is C13H19NO3S. The Labute approximate surface area is 108 Å². The summed E-state index contributed by atoms with van der Waals surface area (Å²) >= 11 is 0. The molecule has 4 nitrogen and oxygen atoms in total. The third kappa shape index (κ3) is 2.18. The molecule has 1 unspecified atom stereocenters. The van der Waals surface area contributed by atoms with Crippen LogP contribution in [0.4, 0.5) is 0 Å². The van der Waals surface area contributed by atoms with Crippen LogP contribution in [0.1, 0.15) is 25.3 Å². The Bertz CT molecular complexity index is 527. The second kappa shape index (κ2) is 4.99.